The lowest BCUT2D eigenvalue weighted by Crippen LogP contribution is -2.00. The molecule has 0 atom stereocenters. The first-order chi connectivity index (χ1) is 8.20. The van der Waals surface area contributed by atoms with Gasteiger partial charge >= 0.3 is 0 Å². The number of benzene rings is 1. The number of nitrogens with one attached hydrogen (secondary N) is 1. The molecule has 0 radical (unpaired) electrons. The summed E-state index contributed by atoms with van der Waals surface area (Å²) >= 11 is 1.71. The summed E-state index contributed by atoms with van der Waals surface area (Å²) in [4.78, 5) is 5.56. The van der Waals surface area contributed by atoms with E-state index in [0.717, 1.165) is 18.7 Å². The fraction of sp³-hybridized carbons (Fsp3) is 0.357. The highest BCUT2D eigenvalue weighted by atomic mass is 32.1. The first-order valence-corrected chi connectivity index (χ1v) is 6.81. The van der Waals surface area contributed by atoms with Gasteiger partial charge in [0.25, 0.3) is 0 Å². The SMILES string of the molecule is CCc1ccc(NCc2scnc2C)cc1C. The van der Waals surface area contributed by atoms with Crippen molar-refractivity contribution in [2.24, 2.45) is 0 Å². The number of rotatable bonds is 4. The van der Waals surface area contributed by atoms with Gasteiger partial charge in [0.05, 0.1) is 17.7 Å². The van der Waals surface area contributed by atoms with Crippen LogP contribution in [0.3, 0.4) is 0 Å². The predicted molar refractivity (Wildman–Crippen MR) is 74.7 cm³/mol. The fourth-order valence-corrected chi connectivity index (χ4v) is 2.60. The Hall–Kier alpha value is -1.35. The highest BCUT2D eigenvalue weighted by Crippen LogP contribution is 2.18. The van der Waals surface area contributed by atoms with Crippen LogP contribution in [0, 0.1) is 13.8 Å². The molecule has 0 aliphatic carbocycles. The van der Waals surface area contributed by atoms with Crippen molar-refractivity contribution >= 4 is 17.0 Å². The van der Waals surface area contributed by atoms with Crippen LogP contribution in [0.5, 0.6) is 0 Å². The van der Waals surface area contributed by atoms with Crippen LogP contribution in [-0.4, -0.2) is 4.98 Å². The number of aromatic nitrogens is 1. The minimum atomic E-state index is 0.863. The van der Waals surface area contributed by atoms with Crippen molar-refractivity contribution in [3.8, 4) is 0 Å². The Labute approximate surface area is 107 Å². The van der Waals surface area contributed by atoms with Crippen molar-refractivity contribution in [2.45, 2.75) is 33.7 Å². The zero-order valence-corrected chi connectivity index (χ0v) is 11.4. The molecule has 0 spiro atoms. The molecule has 1 aromatic carbocycles. The molecule has 0 aliphatic rings. The molecule has 0 amide bonds. The van der Waals surface area contributed by atoms with E-state index in [2.05, 4.69) is 49.3 Å². The van der Waals surface area contributed by atoms with Crippen LogP contribution in [0.2, 0.25) is 0 Å². The molecule has 2 aromatic rings. The maximum atomic E-state index is 4.25. The summed E-state index contributed by atoms with van der Waals surface area (Å²) in [5, 5.41) is 3.45. The Bertz CT molecular complexity index is 503. The largest absolute Gasteiger partial charge is 0.380 e. The molecular formula is C14H18N2S. The Morgan fingerprint density at radius 2 is 2.12 bits per heavy atom. The molecule has 0 saturated heterocycles. The van der Waals surface area contributed by atoms with Gasteiger partial charge in [-0.15, -0.1) is 11.3 Å². The van der Waals surface area contributed by atoms with Gasteiger partial charge in [0.1, 0.15) is 0 Å². The zero-order valence-electron chi connectivity index (χ0n) is 10.6. The van der Waals surface area contributed by atoms with Crippen LogP contribution in [0.1, 0.15) is 28.6 Å². The van der Waals surface area contributed by atoms with Gasteiger partial charge in [0, 0.05) is 10.6 Å². The highest BCUT2D eigenvalue weighted by molar-refractivity contribution is 7.09. The summed E-state index contributed by atoms with van der Waals surface area (Å²) in [6, 6.07) is 6.58. The summed E-state index contributed by atoms with van der Waals surface area (Å²) in [5.74, 6) is 0. The number of hydrogen-bond donors (Lipinski definition) is 1. The number of anilines is 1. The maximum absolute atomic E-state index is 4.25. The molecule has 1 heterocycles. The van der Waals surface area contributed by atoms with Crippen LogP contribution in [0.4, 0.5) is 5.69 Å². The summed E-state index contributed by atoms with van der Waals surface area (Å²) in [5.41, 5.74) is 7.00. The monoisotopic (exact) mass is 246 g/mol. The molecule has 0 saturated carbocycles. The second kappa shape index (κ2) is 5.32. The van der Waals surface area contributed by atoms with Crippen LogP contribution in [-0.2, 0) is 13.0 Å². The van der Waals surface area contributed by atoms with Gasteiger partial charge in [0.15, 0.2) is 0 Å². The molecular weight excluding hydrogens is 228 g/mol. The maximum Gasteiger partial charge on any atom is 0.0798 e. The van der Waals surface area contributed by atoms with E-state index in [4.69, 9.17) is 0 Å². The lowest BCUT2D eigenvalue weighted by atomic mass is 10.1. The number of hydrogen-bond acceptors (Lipinski definition) is 3. The zero-order chi connectivity index (χ0) is 12.3. The second-order valence-electron chi connectivity index (χ2n) is 4.21. The molecule has 0 aliphatic heterocycles. The molecule has 17 heavy (non-hydrogen) atoms. The molecule has 1 N–H and O–H groups in total. The lowest BCUT2D eigenvalue weighted by molar-refractivity contribution is 1.09. The van der Waals surface area contributed by atoms with Gasteiger partial charge in [-0.2, -0.15) is 0 Å². The fourth-order valence-electron chi connectivity index (χ4n) is 1.88. The predicted octanol–water partition coefficient (Wildman–Crippen LogP) is 3.93. The van der Waals surface area contributed by atoms with Crippen molar-refractivity contribution in [3.63, 3.8) is 0 Å². The summed E-state index contributed by atoms with van der Waals surface area (Å²) in [6.07, 6.45) is 1.10. The van der Waals surface area contributed by atoms with Crippen molar-refractivity contribution in [1.29, 1.82) is 0 Å². The number of thiazole rings is 1. The van der Waals surface area contributed by atoms with E-state index < -0.39 is 0 Å². The first kappa shape index (κ1) is 12.1. The van der Waals surface area contributed by atoms with Crippen molar-refractivity contribution in [2.75, 3.05) is 5.32 Å². The van der Waals surface area contributed by atoms with Crippen molar-refractivity contribution in [1.82, 2.24) is 4.98 Å². The van der Waals surface area contributed by atoms with Crippen LogP contribution >= 0.6 is 11.3 Å². The normalized spacial score (nSPS) is 10.5. The third-order valence-corrected chi connectivity index (χ3v) is 3.96. The molecule has 3 heteroatoms. The second-order valence-corrected chi connectivity index (χ2v) is 5.15. The Kier molecular flexibility index (Phi) is 3.79. The Morgan fingerprint density at radius 3 is 2.71 bits per heavy atom. The van der Waals surface area contributed by atoms with Crippen LogP contribution < -0.4 is 5.32 Å². The van der Waals surface area contributed by atoms with Gasteiger partial charge in [-0.3, -0.25) is 0 Å². The van der Waals surface area contributed by atoms with Gasteiger partial charge in [0.2, 0.25) is 0 Å². The minimum Gasteiger partial charge on any atom is -0.380 e. The van der Waals surface area contributed by atoms with E-state index in [1.165, 1.54) is 21.7 Å². The van der Waals surface area contributed by atoms with E-state index in [1.807, 2.05) is 5.51 Å². The molecule has 2 rings (SSSR count). The third kappa shape index (κ3) is 2.86. The molecule has 2 nitrogen and oxygen atoms in total. The average Bonchev–Trinajstić information content (AvgIpc) is 2.72. The van der Waals surface area contributed by atoms with Gasteiger partial charge in [-0.05, 0) is 43.5 Å². The number of aryl methyl sites for hydroxylation is 3. The van der Waals surface area contributed by atoms with Crippen LogP contribution in [0.15, 0.2) is 23.7 Å². The smallest absolute Gasteiger partial charge is 0.0798 e. The minimum absolute atomic E-state index is 0.863. The van der Waals surface area contributed by atoms with Crippen LogP contribution in [0.25, 0.3) is 0 Å². The van der Waals surface area contributed by atoms with Crippen molar-refractivity contribution in [3.05, 3.63) is 45.4 Å². The van der Waals surface area contributed by atoms with Gasteiger partial charge < -0.3 is 5.32 Å². The molecule has 0 unspecified atom stereocenters. The van der Waals surface area contributed by atoms with Gasteiger partial charge in [-0.1, -0.05) is 13.0 Å². The van der Waals surface area contributed by atoms with Crippen molar-refractivity contribution < 1.29 is 0 Å². The highest BCUT2D eigenvalue weighted by Gasteiger charge is 2.02. The van der Waals surface area contributed by atoms with E-state index >= 15 is 0 Å². The Balaban J connectivity index is 2.05. The molecule has 90 valence electrons. The topological polar surface area (TPSA) is 24.9 Å². The lowest BCUT2D eigenvalue weighted by Gasteiger charge is -2.09. The summed E-state index contributed by atoms with van der Waals surface area (Å²) in [6.45, 7) is 7.28. The first-order valence-electron chi connectivity index (χ1n) is 5.93. The Morgan fingerprint density at radius 1 is 1.29 bits per heavy atom. The van der Waals surface area contributed by atoms with E-state index in [9.17, 15) is 0 Å². The van der Waals surface area contributed by atoms with E-state index in [-0.39, 0.29) is 0 Å². The quantitative estimate of drug-likeness (QED) is 0.884. The average molecular weight is 246 g/mol. The molecule has 0 fully saturated rings. The van der Waals surface area contributed by atoms with E-state index in [0.29, 0.717) is 0 Å². The van der Waals surface area contributed by atoms with E-state index in [1.54, 1.807) is 11.3 Å². The standard InChI is InChI=1S/C14H18N2S/c1-4-12-5-6-13(7-10(12)2)15-8-14-11(3)16-9-17-14/h5-7,9,15H,4,8H2,1-3H3. The number of nitrogens with zero attached hydrogens (tertiary/aromatic N) is 1. The third-order valence-electron chi connectivity index (χ3n) is 3.02. The summed E-state index contributed by atoms with van der Waals surface area (Å²) < 4.78 is 0. The summed E-state index contributed by atoms with van der Waals surface area (Å²) in [7, 11) is 0. The van der Waals surface area contributed by atoms with Gasteiger partial charge in [-0.25, -0.2) is 4.98 Å². The molecule has 1 aromatic heterocycles. The molecule has 0 bridgehead atoms.